The fourth-order valence-corrected chi connectivity index (χ4v) is 2.57. The summed E-state index contributed by atoms with van der Waals surface area (Å²) in [5, 5.41) is 24.3. The molecule has 0 bridgehead atoms. The van der Waals surface area contributed by atoms with Crippen LogP contribution in [0.1, 0.15) is 70.9 Å². The van der Waals surface area contributed by atoms with Gasteiger partial charge < -0.3 is 0 Å². The van der Waals surface area contributed by atoms with Gasteiger partial charge >= 0.3 is 0 Å². The second-order valence-corrected chi connectivity index (χ2v) is 6.60. The second-order valence-electron chi connectivity index (χ2n) is 6.60. The molecule has 0 amide bonds. The van der Waals surface area contributed by atoms with Crippen molar-refractivity contribution in [2.75, 3.05) is 0 Å². The molecule has 1 aromatic carbocycles. The largest absolute Gasteiger partial charge is 0.289 e. The molecular formula is C21H30O2. The molecule has 0 aromatic heterocycles. The van der Waals surface area contributed by atoms with E-state index >= 15 is 0 Å². The molecule has 0 unspecified atom stereocenters. The Kier molecular flexibility index (Phi) is 8.53. The molecule has 0 heterocycles. The Morgan fingerprint density at radius 3 is 2.22 bits per heavy atom. The van der Waals surface area contributed by atoms with Crippen LogP contribution in [0.3, 0.4) is 0 Å². The van der Waals surface area contributed by atoms with Crippen molar-refractivity contribution in [3.05, 3.63) is 46.6 Å². The summed E-state index contributed by atoms with van der Waals surface area (Å²) in [7, 11) is 0. The van der Waals surface area contributed by atoms with Crippen LogP contribution in [0.4, 0.5) is 0 Å². The Morgan fingerprint density at radius 1 is 1.00 bits per heavy atom. The molecule has 0 saturated carbocycles. The normalized spacial score (nSPS) is 11.6. The summed E-state index contributed by atoms with van der Waals surface area (Å²) in [6.07, 6.45) is 10.8. The molecule has 1 aromatic rings. The summed E-state index contributed by atoms with van der Waals surface area (Å²) in [5.74, 6) is -0.199. The molecule has 0 aliphatic rings. The van der Waals surface area contributed by atoms with E-state index in [1.807, 2.05) is 6.08 Å². The first kappa shape index (κ1) is 19.3. The van der Waals surface area contributed by atoms with Gasteiger partial charge in [0.15, 0.2) is 11.5 Å². The first-order valence-electron chi connectivity index (χ1n) is 8.72. The Bertz CT molecular complexity index is 526. The molecule has 2 radical (unpaired) electrons. The third kappa shape index (κ3) is 7.40. The lowest BCUT2D eigenvalue weighted by atomic mass is 10.0. The Balaban J connectivity index is 2.67. The number of benzene rings is 1. The lowest BCUT2D eigenvalue weighted by Crippen LogP contribution is -1.90. The Labute approximate surface area is 141 Å². The van der Waals surface area contributed by atoms with Crippen LogP contribution in [0.25, 0.3) is 0 Å². The fraction of sp³-hybridized carbons (Fsp3) is 0.524. The van der Waals surface area contributed by atoms with Crippen molar-refractivity contribution in [1.82, 2.24) is 0 Å². The number of aryl methyl sites for hydroxylation is 1. The van der Waals surface area contributed by atoms with Gasteiger partial charge in [-0.3, -0.25) is 10.2 Å². The van der Waals surface area contributed by atoms with E-state index in [-0.39, 0.29) is 11.5 Å². The molecule has 0 fully saturated rings. The highest BCUT2D eigenvalue weighted by Crippen LogP contribution is 2.31. The van der Waals surface area contributed by atoms with Gasteiger partial charge in [-0.2, -0.15) is 0 Å². The molecule has 23 heavy (non-hydrogen) atoms. The molecule has 126 valence electrons. The zero-order valence-corrected chi connectivity index (χ0v) is 15.1. The van der Waals surface area contributed by atoms with E-state index < -0.39 is 0 Å². The molecule has 2 heteroatoms. The number of unbranched alkanes of at least 4 members (excludes halogenated alkanes) is 2. The molecule has 0 saturated heterocycles. The highest BCUT2D eigenvalue weighted by Gasteiger charge is 2.12. The zero-order valence-electron chi connectivity index (χ0n) is 15.1. The monoisotopic (exact) mass is 314 g/mol. The minimum absolute atomic E-state index is 0.0997. The zero-order chi connectivity index (χ0) is 17.2. The highest BCUT2D eigenvalue weighted by molar-refractivity contribution is 5.47. The topological polar surface area (TPSA) is 39.8 Å². The fourth-order valence-electron chi connectivity index (χ4n) is 2.57. The van der Waals surface area contributed by atoms with Gasteiger partial charge in [0.25, 0.3) is 0 Å². The summed E-state index contributed by atoms with van der Waals surface area (Å²) in [5.41, 5.74) is 3.85. The van der Waals surface area contributed by atoms with E-state index in [9.17, 15) is 10.2 Å². The first-order valence-corrected chi connectivity index (χ1v) is 8.72. The van der Waals surface area contributed by atoms with E-state index in [4.69, 9.17) is 0 Å². The van der Waals surface area contributed by atoms with Crippen LogP contribution in [0.2, 0.25) is 0 Å². The number of allylic oxidation sites excluding steroid dienone is 4. The van der Waals surface area contributed by atoms with Gasteiger partial charge in [0.2, 0.25) is 0 Å². The van der Waals surface area contributed by atoms with Crippen molar-refractivity contribution in [2.24, 2.45) is 0 Å². The van der Waals surface area contributed by atoms with Crippen LogP contribution in [0, 0.1) is 0 Å². The molecular weight excluding hydrogens is 284 g/mol. The summed E-state index contributed by atoms with van der Waals surface area (Å²) in [6.45, 7) is 8.39. The van der Waals surface area contributed by atoms with Crippen LogP contribution in [-0.2, 0) is 23.1 Å². The van der Waals surface area contributed by atoms with Crippen LogP contribution >= 0.6 is 0 Å². The van der Waals surface area contributed by atoms with E-state index in [0.717, 1.165) is 44.1 Å². The SMILES string of the molecule is CCCCCc1cc([O])c(CC=C(C)CCC=C(C)C)c([O])c1. The summed E-state index contributed by atoms with van der Waals surface area (Å²) >= 11 is 0. The van der Waals surface area contributed by atoms with Gasteiger partial charge in [-0.15, -0.1) is 0 Å². The maximum atomic E-state index is 12.2. The van der Waals surface area contributed by atoms with Crippen molar-refractivity contribution in [3.8, 4) is 11.5 Å². The number of rotatable bonds is 9. The van der Waals surface area contributed by atoms with Gasteiger partial charge in [-0.05, 0) is 70.6 Å². The van der Waals surface area contributed by atoms with Crippen molar-refractivity contribution in [1.29, 1.82) is 0 Å². The quantitative estimate of drug-likeness (QED) is 0.350. The highest BCUT2D eigenvalue weighted by atomic mass is 16.3. The van der Waals surface area contributed by atoms with E-state index in [2.05, 4.69) is 33.8 Å². The third-order valence-electron chi connectivity index (χ3n) is 4.04. The van der Waals surface area contributed by atoms with E-state index in [1.54, 1.807) is 12.1 Å². The summed E-state index contributed by atoms with van der Waals surface area (Å²) < 4.78 is 0. The van der Waals surface area contributed by atoms with Gasteiger partial charge in [0, 0.05) is 0 Å². The number of hydrogen-bond acceptors (Lipinski definition) is 0. The van der Waals surface area contributed by atoms with Crippen LogP contribution in [0.15, 0.2) is 35.4 Å². The van der Waals surface area contributed by atoms with E-state index in [1.165, 1.54) is 11.1 Å². The van der Waals surface area contributed by atoms with Gasteiger partial charge in [0.05, 0.1) is 5.56 Å². The second kappa shape index (κ2) is 10.1. The maximum Gasteiger partial charge on any atom is 0.186 e. The predicted octanol–water partition coefficient (Wildman–Crippen LogP) is 6.94. The van der Waals surface area contributed by atoms with Crippen molar-refractivity contribution in [2.45, 2.75) is 72.6 Å². The minimum Gasteiger partial charge on any atom is -0.289 e. The van der Waals surface area contributed by atoms with Crippen molar-refractivity contribution < 1.29 is 10.2 Å². The first-order chi connectivity index (χ1) is 10.9. The average Bonchev–Trinajstić information content (AvgIpc) is 2.46. The maximum absolute atomic E-state index is 12.2. The average molecular weight is 314 g/mol. The van der Waals surface area contributed by atoms with Gasteiger partial charge in [-0.25, -0.2) is 0 Å². The standard InChI is InChI=1S/C21H30O2/c1-5-6-7-11-18-14-20(22)19(21(23)15-18)13-12-17(4)10-8-9-16(2)3/h9,12,14-15H,5-8,10-11,13H2,1-4H3. The van der Waals surface area contributed by atoms with Gasteiger partial charge in [-0.1, -0.05) is 43.1 Å². The lowest BCUT2D eigenvalue weighted by molar-refractivity contribution is 0.325. The smallest absolute Gasteiger partial charge is 0.186 e. The summed E-state index contributed by atoms with van der Waals surface area (Å²) in [6, 6.07) is 3.30. The predicted molar refractivity (Wildman–Crippen MR) is 96.1 cm³/mol. The number of hydrogen-bond donors (Lipinski definition) is 0. The van der Waals surface area contributed by atoms with Crippen molar-refractivity contribution >= 4 is 0 Å². The van der Waals surface area contributed by atoms with Crippen LogP contribution in [0.5, 0.6) is 11.5 Å². The Hall–Kier alpha value is -1.70. The molecule has 0 aliphatic carbocycles. The molecule has 0 spiro atoms. The molecule has 2 nitrogen and oxygen atoms in total. The van der Waals surface area contributed by atoms with Crippen LogP contribution in [-0.4, -0.2) is 0 Å². The minimum atomic E-state index is -0.0997. The third-order valence-corrected chi connectivity index (χ3v) is 4.04. The van der Waals surface area contributed by atoms with Gasteiger partial charge in [0.1, 0.15) is 0 Å². The molecule has 1 rings (SSSR count). The molecule has 0 N–H and O–H groups in total. The van der Waals surface area contributed by atoms with Crippen molar-refractivity contribution in [3.63, 3.8) is 0 Å². The molecule has 0 aliphatic heterocycles. The summed E-state index contributed by atoms with van der Waals surface area (Å²) in [4.78, 5) is 0. The molecule has 0 atom stereocenters. The lowest BCUT2D eigenvalue weighted by Gasteiger charge is -2.06. The Morgan fingerprint density at radius 2 is 1.65 bits per heavy atom. The van der Waals surface area contributed by atoms with Crippen LogP contribution < -0.4 is 0 Å². The van der Waals surface area contributed by atoms with E-state index in [0.29, 0.717) is 12.0 Å².